The number of ether oxygens (including phenoxy) is 1. The zero-order chi connectivity index (χ0) is 16.4. The Hall–Kier alpha value is -1.70. The lowest BCUT2D eigenvalue weighted by molar-refractivity contribution is -0.143. The maximum atomic E-state index is 12.7. The Morgan fingerprint density at radius 2 is 2.13 bits per heavy atom. The van der Waals surface area contributed by atoms with Crippen molar-refractivity contribution in [2.45, 2.75) is 42.1 Å². The van der Waals surface area contributed by atoms with E-state index in [0.29, 0.717) is 23.2 Å². The molecular formula is C15H16F3N3OS. The van der Waals surface area contributed by atoms with Crippen LogP contribution in [0.15, 0.2) is 29.2 Å². The second kappa shape index (κ2) is 6.43. The molecule has 0 unspecified atom stereocenters. The summed E-state index contributed by atoms with van der Waals surface area (Å²) in [5.74, 6) is 2.17. The van der Waals surface area contributed by atoms with Crippen LogP contribution < -0.4 is 4.74 Å². The van der Waals surface area contributed by atoms with Crippen LogP contribution in [0, 0.1) is 0 Å². The molecule has 0 aliphatic heterocycles. The number of benzene rings is 1. The summed E-state index contributed by atoms with van der Waals surface area (Å²) >= 11 is 1.42. The molecule has 0 amide bonds. The maximum absolute atomic E-state index is 12.7. The van der Waals surface area contributed by atoms with E-state index in [1.807, 2.05) is 24.3 Å². The molecule has 0 bridgehead atoms. The molecule has 1 fully saturated rings. The second-order valence-corrected chi connectivity index (χ2v) is 6.45. The Labute approximate surface area is 136 Å². The van der Waals surface area contributed by atoms with Crippen molar-refractivity contribution < 1.29 is 17.9 Å². The zero-order valence-electron chi connectivity index (χ0n) is 12.5. The van der Waals surface area contributed by atoms with Gasteiger partial charge in [-0.05, 0) is 31.0 Å². The van der Waals surface area contributed by atoms with Crippen LogP contribution in [0.4, 0.5) is 13.2 Å². The molecule has 0 spiro atoms. The number of hydrogen-bond acceptors (Lipinski definition) is 4. The highest BCUT2D eigenvalue weighted by molar-refractivity contribution is 7.98. The fraction of sp³-hybridized carbons (Fsp3) is 0.467. The molecule has 0 radical (unpaired) electrons. The van der Waals surface area contributed by atoms with E-state index in [9.17, 15) is 13.2 Å². The molecule has 124 valence electrons. The van der Waals surface area contributed by atoms with Crippen molar-refractivity contribution in [1.82, 2.24) is 14.8 Å². The molecule has 3 rings (SSSR count). The number of methoxy groups -OCH3 is 1. The average Bonchev–Trinajstić information content (AvgIpc) is 3.27. The molecule has 1 aromatic heterocycles. The fourth-order valence-electron chi connectivity index (χ4n) is 2.15. The van der Waals surface area contributed by atoms with Crippen LogP contribution in [-0.2, 0) is 12.3 Å². The SMILES string of the molecule is COc1cccc(SCc2nc(C3CC3)nn2CC(F)(F)F)c1. The second-order valence-electron chi connectivity index (χ2n) is 5.40. The van der Waals surface area contributed by atoms with Crippen LogP contribution in [0.1, 0.15) is 30.4 Å². The first-order chi connectivity index (χ1) is 10.9. The van der Waals surface area contributed by atoms with E-state index in [1.165, 1.54) is 11.8 Å². The lowest BCUT2D eigenvalue weighted by Gasteiger charge is -2.09. The molecule has 1 aliphatic rings. The van der Waals surface area contributed by atoms with Crippen LogP contribution in [0.2, 0.25) is 0 Å². The van der Waals surface area contributed by atoms with Gasteiger partial charge in [-0.1, -0.05) is 6.07 Å². The van der Waals surface area contributed by atoms with Gasteiger partial charge in [-0.3, -0.25) is 0 Å². The third-order valence-electron chi connectivity index (χ3n) is 3.45. The number of hydrogen-bond donors (Lipinski definition) is 0. The van der Waals surface area contributed by atoms with E-state index in [1.54, 1.807) is 7.11 Å². The Morgan fingerprint density at radius 1 is 1.35 bits per heavy atom. The van der Waals surface area contributed by atoms with Gasteiger partial charge in [0.1, 0.15) is 18.1 Å². The Balaban J connectivity index is 1.75. The number of thioether (sulfide) groups is 1. The maximum Gasteiger partial charge on any atom is 0.408 e. The highest BCUT2D eigenvalue weighted by atomic mass is 32.2. The number of nitrogens with zero attached hydrogens (tertiary/aromatic N) is 3. The molecule has 0 saturated heterocycles. The first-order valence-corrected chi connectivity index (χ1v) is 8.20. The predicted molar refractivity (Wildman–Crippen MR) is 80.6 cm³/mol. The van der Waals surface area contributed by atoms with Gasteiger partial charge < -0.3 is 4.74 Å². The topological polar surface area (TPSA) is 39.9 Å². The third kappa shape index (κ3) is 4.40. The van der Waals surface area contributed by atoms with Crippen LogP contribution in [0.25, 0.3) is 0 Å². The van der Waals surface area contributed by atoms with Gasteiger partial charge in [0.15, 0.2) is 5.82 Å². The van der Waals surface area contributed by atoms with Crippen molar-refractivity contribution in [2.75, 3.05) is 7.11 Å². The van der Waals surface area contributed by atoms with Gasteiger partial charge in [-0.25, -0.2) is 9.67 Å². The van der Waals surface area contributed by atoms with Crippen molar-refractivity contribution in [1.29, 1.82) is 0 Å². The molecule has 8 heteroatoms. The Kier molecular flexibility index (Phi) is 4.52. The molecular weight excluding hydrogens is 327 g/mol. The van der Waals surface area contributed by atoms with E-state index in [-0.39, 0.29) is 5.92 Å². The Morgan fingerprint density at radius 3 is 2.78 bits per heavy atom. The average molecular weight is 343 g/mol. The minimum Gasteiger partial charge on any atom is -0.497 e. The van der Waals surface area contributed by atoms with Crippen molar-refractivity contribution in [3.63, 3.8) is 0 Å². The summed E-state index contributed by atoms with van der Waals surface area (Å²) in [6.45, 7) is -1.10. The quantitative estimate of drug-likeness (QED) is 0.743. The van der Waals surface area contributed by atoms with E-state index in [4.69, 9.17) is 4.74 Å². The van der Waals surface area contributed by atoms with Gasteiger partial charge >= 0.3 is 6.18 Å². The molecule has 0 N–H and O–H groups in total. The van der Waals surface area contributed by atoms with Crippen LogP contribution in [0.3, 0.4) is 0 Å². The van der Waals surface area contributed by atoms with Gasteiger partial charge in [-0.15, -0.1) is 11.8 Å². The number of alkyl halides is 3. The molecule has 0 atom stereocenters. The summed E-state index contributed by atoms with van der Waals surface area (Å²) in [5.41, 5.74) is 0. The fourth-order valence-corrected chi connectivity index (χ4v) is 3.03. The first-order valence-electron chi connectivity index (χ1n) is 7.22. The lowest BCUT2D eigenvalue weighted by atomic mass is 10.3. The monoisotopic (exact) mass is 343 g/mol. The summed E-state index contributed by atoms with van der Waals surface area (Å²) in [6.07, 6.45) is -2.39. The molecule has 4 nitrogen and oxygen atoms in total. The van der Waals surface area contributed by atoms with Gasteiger partial charge in [0.05, 0.1) is 12.9 Å². The molecule has 1 aliphatic carbocycles. The summed E-state index contributed by atoms with van der Waals surface area (Å²) in [7, 11) is 1.58. The molecule has 23 heavy (non-hydrogen) atoms. The molecule has 1 heterocycles. The van der Waals surface area contributed by atoms with E-state index >= 15 is 0 Å². The molecule has 2 aromatic rings. The van der Waals surface area contributed by atoms with E-state index < -0.39 is 12.7 Å². The predicted octanol–water partition coefficient (Wildman–Crippen LogP) is 4.02. The molecule has 1 saturated carbocycles. The summed E-state index contributed by atoms with van der Waals surface area (Å²) in [5, 5.41) is 4.05. The van der Waals surface area contributed by atoms with Crippen molar-refractivity contribution >= 4 is 11.8 Å². The van der Waals surface area contributed by atoms with E-state index in [0.717, 1.165) is 22.4 Å². The number of rotatable bonds is 6. The number of halogens is 3. The van der Waals surface area contributed by atoms with Gasteiger partial charge in [0.25, 0.3) is 0 Å². The van der Waals surface area contributed by atoms with Gasteiger partial charge in [0, 0.05) is 10.8 Å². The summed E-state index contributed by atoms with van der Waals surface area (Å²) < 4.78 is 44.2. The van der Waals surface area contributed by atoms with E-state index in [2.05, 4.69) is 10.1 Å². The summed E-state index contributed by atoms with van der Waals surface area (Å²) in [4.78, 5) is 5.23. The van der Waals surface area contributed by atoms with Crippen molar-refractivity contribution in [2.24, 2.45) is 0 Å². The number of aromatic nitrogens is 3. The largest absolute Gasteiger partial charge is 0.497 e. The van der Waals surface area contributed by atoms with Crippen LogP contribution >= 0.6 is 11.8 Å². The van der Waals surface area contributed by atoms with Crippen molar-refractivity contribution in [3.05, 3.63) is 35.9 Å². The third-order valence-corrected chi connectivity index (χ3v) is 4.44. The normalized spacial score (nSPS) is 15.0. The summed E-state index contributed by atoms with van der Waals surface area (Å²) in [6, 6.07) is 7.40. The highest BCUT2D eigenvalue weighted by Crippen LogP contribution is 2.38. The minimum atomic E-state index is -4.30. The van der Waals surface area contributed by atoms with Gasteiger partial charge in [0.2, 0.25) is 0 Å². The smallest absolute Gasteiger partial charge is 0.408 e. The van der Waals surface area contributed by atoms with Crippen LogP contribution in [-0.4, -0.2) is 28.1 Å². The lowest BCUT2D eigenvalue weighted by Crippen LogP contribution is -2.20. The standard InChI is InChI=1S/C15H16F3N3OS/c1-22-11-3-2-4-12(7-11)23-8-13-19-14(10-5-6-10)20-21(13)9-15(16,17)18/h2-4,7,10H,5-6,8-9H2,1H3. The van der Waals surface area contributed by atoms with Gasteiger partial charge in [-0.2, -0.15) is 18.3 Å². The van der Waals surface area contributed by atoms with Crippen molar-refractivity contribution in [3.8, 4) is 5.75 Å². The zero-order valence-corrected chi connectivity index (χ0v) is 13.3. The first kappa shape index (κ1) is 16.2. The van der Waals surface area contributed by atoms with Crippen LogP contribution in [0.5, 0.6) is 5.75 Å². The minimum absolute atomic E-state index is 0.227. The Bertz CT molecular complexity index is 683. The highest BCUT2D eigenvalue weighted by Gasteiger charge is 2.33. The molecule has 1 aromatic carbocycles.